The molecule has 1 fully saturated rings. The maximum atomic E-state index is 16.1. The highest BCUT2D eigenvalue weighted by atomic mass is 32.2. The molecule has 2 aromatic heterocycles. The van der Waals surface area contributed by atoms with Crippen molar-refractivity contribution in [2.75, 3.05) is 6.54 Å². The third-order valence-corrected chi connectivity index (χ3v) is 9.76. The summed E-state index contributed by atoms with van der Waals surface area (Å²) in [6, 6.07) is 13.0. The predicted octanol–water partition coefficient (Wildman–Crippen LogP) is 4.21. The summed E-state index contributed by atoms with van der Waals surface area (Å²) in [5, 5.41) is 2.58. The molecule has 2 aliphatic rings. The second-order valence-electron chi connectivity index (χ2n) is 7.74. The number of hydrogen-bond donors (Lipinski definition) is 0. The molecular formula is C21H16FN2O4S3+. The fourth-order valence-corrected chi connectivity index (χ4v) is 8.03. The molecule has 158 valence electrons. The molecule has 4 heterocycles. The Hall–Kier alpha value is -2.37. The van der Waals surface area contributed by atoms with Crippen molar-refractivity contribution in [1.29, 1.82) is 0 Å². The quantitative estimate of drug-likeness (QED) is 0.247. The smallest absolute Gasteiger partial charge is 0.348 e. The van der Waals surface area contributed by atoms with Crippen LogP contribution < -0.4 is 13.8 Å². The number of rotatable bonds is 2. The highest BCUT2D eigenvalue weighted by Crippen LogP contribution is 2.57. The molecule has 4 aromatic rings. The lowest BCUT2D eigenvalue weighted by atomic mass is 10.0. The zero-order valence-corrected chi connectivity index (χ0v) is 18.7. The maximum absolute atomic E-state index is 16.1. The fourth-order valence-electron chi connectivity index (χ4n) is 4.74. The Morgan fingerprint density at radius 3 is 2.77 bits per heavy atom. The molecule has 10 heteroatoms. The molecular weight excluding hydrogens is 459 g/mol. The lowest BCUT2D eigenvalue weighted by molar-refractivity contribution is -0.643. The molecule has 1 spiro atoms. The minimum absolute atomic E-state index is 0.119. The largest absolute Gasteiger partial charge is 0.743 e. The molecule has 2 atom stereocenters. The summed E-state index contributed by atoms with van der Waals surface area (Å²) >= 11 is 2.80. The Bertz CT molecular complexity index is 1540. The first-order chi connectivity index (χ1) is 14.8. The zero-order valence-electron chi connectivity index (χ0n) is 16.2. The zero-order chi connectivity index (χ0) is 21.5. The number of nitrogens with zero attached hydrogens (tertiary/aromatic N) is 2. The normalized spacial score (nSPS) is 24.4. The SMILES string of the molecule is C[n+]1c(/C(F)=C2/Oc3ccc4ccccc4c3[N+]23CCC3S(=O)(=O)[O-])sc2sccc21. The highest BCUT2D eigenvalue weighted by molar-refractivity contribution is 7.86. The minimum atomic E-state index is -4.70. The van der Waals surface area contributed by atoms with E-state index in [1.165, 1.54) is 22.7 Å². The Morgan fingerprint density at radius 2 is 2.06 bits per heavy atom. The Balaban J connectivity index is 1.67. The van der Waals surface area contributed by atoms with Gasteiger partial charge in [0, 0.05) is 11.5 Å². The monoisotopic (exact) mass is 475 g/mol. The van der Waals surface area contributed by atoms with Crippen LogP contribution in [-0.4, -0.2) is 24.9 Å². The van der Waals surface area contributed by atoms with Gasteiger partial charge in [-0.25, -0.2) is 12.9 Å². The summed E-state index contributed by atoms with van der Waals surface area (Å²) in [6.07, 6.45) is 0.153. The maximum Gasteiger partial charge on any atom is 0.348 e. The van der Waals surface area contributed by atoms with Gasteiger partial charge in [0.25, 0.3) is 0 Å². The van der Waals surface area contributed by atoms with Gasteiger partial charge < -0.3 is 9.29 Å². The van der Waals surface area contributed by atoms with Crippen molar-refractivity contribution < 1.29 is 26.7 Å². The van der Waals surface area contributed by atoms with Crippen LogP contribution in [0.4, 0.5) is 10.1 Å². The molecule has 0 N–H and O–H groups in total. The average molecular weight is 476 g/mol. The number of halogens is 1. The predicted molar refractivity (Wildman–Crippen MR) is 118 cm³/mol. The molecule has 6 rings (SSSR count). The second-order valence-corrected chi connectivity index (χ2v) is 11.4. The molecule has 1 saturated heterocycles. The van der Waals surface area contributed by atoms with Crippen LogP contribution in [0.1, 0.15) is 11.4 Å². The van der Waals surface area contributed by atoms with E-state index in [2.05, 4.69) is 0 Å². The number of aromatic nitrogens is 1. The number of ether oxygens (including phenoxy) is 1. The summed E-state index contributed by atoms with van der Waals surface area (Å²) in [5.41, 5.74) is 1.44. The van der Waals surface area contributed by atoms with Crippen molar-refractivity contribution in [1.82, 2.24) is 4.48 Å². The summed E-state index contributed by atoms with van der Waals surface area (Å²) in [5.74, 6) is -0.366. The number of quaternary nitrogens is 1. The molecule has 0 aliphatic carbocycles. The number of hydrogen-bond acceptors (Lipinski definition) is 6. The number of thiophene rings is 1. The van der Waals surface area contributed by atoms with Gasteiger partial charge in [0.2, 0.25) is 5.52 Å². The highest BCUT2D eigenvalue weighted by Gasteiger charge is 2.63. The fraction of sp³-hybridized carbons (Fsp3) is 0.190. The van der Waals surface area contributed by atoms with Crippen LogP contribution in [0.2, 0.25) is 0 Å². The van der Waals surface area contributed by atoms with Crippen LogP contribution in [0.25, 0.3) is 26.1 Å². The van der Waals surface area contributed by atoms with Gasteiger partial charge in [0.1, 0.15) is 7.05 Å². The van der Waals surface area contributed by atoms with Crippen molar-refractivity contribution in [3.05, 3.63) is 58.7 Å². The van der Waals surface area contributed by atoms with Crippen molar-refractivity contribution in [3.8, 4) is 5.75 Å². The molecule has 31 heavy (non-hydrogen) atoms. The van der Waals surface area contributed by atoms with E-state index in [4.69, 9.17) is 4.74 Å². The third kappa shape index (κ3) is 2.48. The first-order valence-corrected chi connectivity index (χ1v) is 12.8. The number of fused-ring (bicyclic) bond motifs is 5. The van der Waals surface area contributed by atoms with Crippen molar-refractivity contribution in [3.63, 3.8) is 0 Å². The molecule has 2 aromatic carbocycles. The Labute approximate surface area is 185 Å². The standard InChI is InChI=1S/C21H16FN2O4S3/c1-23-14-9-11-29-21(14)30-19(23)17(22)20-24(10-8-16(24)31(25,26)27)18-13-5-3-2-4-12(13)6-7-15(18)28-20/h2-7,9,11,16H,8,10H2,1H3/q+1/b20-17-. The third-order valence-electron chi connectivity index (χ3n) is 6.23. The van der Waals surface area contributed by atoms with Gasteiger partial charge in [-0.3, -0.25) is 0 Å². The molecule has 6 nitrogen and oxygen atoms in total. The van der Waals surface area contributed by atoms with Crippen LogP contribution in [0.5, 0.6) is 5.75 Å². The number of thiazole rings is 1. The first-order valence-electron chi connectivity index (χ1n) is 9.62. The minimum Gasteiger partial charge on any atom is -0.743 e. The lowest BCUT2D eigenvalue weighted by Crippen LogP contribution is -2.67. The summed E-state index contributed by atoms with van der Waals surface area (Å²) in [6.45, 7) is 0.277. The van der Waals surface area contributed by atoms with E-state index < -0.39 is 25.8 Å². The Kier molecular flexibility index (Phi) is 3.95. The van der Waals surface area contributed by atoms with Gasteiger partial charge >= 0.3 is 16.7 Å². The van der Waals surface area contributed by atoms with E-state index in [0.29, 0.717) is 16.4 Å². The van der Waals surface area contributed by atoms with Gasteiger partial charge in [-0.05, 0) is 34.2 Å². The molecule has 0 bridgehead atoms. The van der Waals surface area contributed by atoms with Gasteiger partial charge in [-0.2, -0.15) is 8.96 Å². The van der Waals surface area contributed by atoms with Crippen molar-refractivity contribution in [2.45, 2.75) is 11.8 Å². The van der Waals surface area contributed by atoms with E-state index in [1.807, 2.05) is 41.8 Å². The summed E-state index contributed by atoms with van der Waals surface area (Å²) in [4.78, 5) is 0. The first kappa shape index (κ1) is 19.3. The summed E-state index contributed by atoms with van der Waals surface area (Å²) < 4.78 is 61.0. The molecule has 2 aliphatic heterocycles. The number of aryl methyl sites for hydroxylation is 1. The molecule has 2 unspecified atom stereocenters. The van der Waals surface area contributed by atoms with E-state index >= 15 is 4.39 Å². The van der Waals surface area contributed by atoms with Gasteiger partial charge in [-0.1, -0.05) is 24.3 Å². The van der Waals surface area contributed by atoms with E-state index in [-0.39, 0.29) is 18.8 Å². The van der Waals surface area contributed by atoms with E-state index in [0.717, 1.165) is 20.3 Å². The van der Waals surface area contributed by atoms with Gasteiger partial charge in [0.15, 0.2) is 30.9 Å². The second kappa shape index (κ2) is 6.33. The van der Waals surface area contributed by atoms with Crippen LogP contribution in [-0.2, 0) is 17.2 Å². The lowest BCUT2D eigenvalue weighted by Gasteiger charge is -2.47. The topological polar surface area (TPSA) is 70.3 Å². The number of benzene rings is 2. The average Bonchev–Trinajstić information content (AvgIpc) is 3.39. The van der Waals surface area contributed by atoms with Crippen molar-refractivity contribution in [2.24, 2.45) is 7.05 Å². The molecule has 0 radical (unpaired) electrons. The van der Waals surface area contributed by atoms with Crippen LogP contribution in [0.3, 0.4) is 0 Å². The van der Waals surface area contributed by atoms with E-state index in [1.54, 1.807) is 17.7 Å². The van der Waals surface area contributed by atoms with Crippen LogP contribution in [0, 0.1) is 0 Å². The van der Waals surface area contributed by atoms with Crippen LogP contribution in [0.15, 0.2) is 53.7 Å². The molecule has 0 saturated carbocycles. The van der Waals surface area contributed by atoms with Crippen molar-refractivity contribution >= 4 is 64.6 Å². The Morgan fingerprint density at radius 1 is 1.26 bits per heavy atom. The van der Waals surface area contributed by atoms with Crippen LogP contribution >= 0.6 is 22.7 Å². The van der Waals surface area contributed by atoms with Gasteiger partial charge in [-0.15, -0.1) is 11.3 Å². The molecule has 0 amide bonds. The van der Waals surface area contributed by atoms with Gasteiger partial charge in [0.05, 0.1) is 13.0 Å². The van der Waals surface area contributed by atoms with E-state index in [9.17, 15) is 13.0 Å². The summed E-state index contributed by atoms with van der Waals surface area (Å²) in [7, 11) is -2.94.